The maximum absolute atomic E-state index is 12.5. The Balaban J connectivity index is 4.41. The number of hydrogen-bond donors (Lipinski definition) is 3. The second kappa shape index (κ2) is 34.3. The minimum Gasteiger partial charge on any atom is -0.480 e. The van der Waals surface area contributed by atoms with Gasteiger partial charge in [-0.05, 0) is 38.5 Å². The smallest absolute Gasteiger partial charge is 0.472 e. The Morgan fingerprint density at radius 3 is 1.50 bits per heavy atom. The number of carbonyl (C=O) groups excluding carboxylic acids is 2. The van der Waals surface area contributed by atoms with Crippen molar-refractivity contribution in [2.75, 3.05) is 19.8 Å². The highest BCUT2D eigenvalue weighted by Crippen LogP contribution is 2.43. The van der Waals surface area contributed by atoms with Gasteiger partial charge in [-0.2, -0.15) is 0 Å². The van der Waals surface area contributed by atoms with E-state index < -0.39 is 51.1 Å². The maximum atomic E-state index is 12.5. The van der Waals surface area contributed by atoms with Gasteiger partial charge >= 0.3 is 25.7 Å². The molecule has 0 aromatic heterocycles. The molecular formula is C38H72NO10P. The number of rotatable bonds is 37. The fraction of sp³-hybridized carbons (Fsp3) is 0.868. The van der Waals surface area contributed by atoms with Gasteiger partial charge in [0.2, 0.25) is 0 Å². The summed E-state index contributed by atoms with van der Waals surface area (Å²) in [4.78, 5) is 45.7. The predicted octanol–water partition coefficient (Wildman–Crippen LogP) is 9.73. The summed E-state index contributed by atoms with van der Waals surface area (Å²) in [6, 6.07) is -1.52. The van der Waals surface area contributed by atoms with Crippen molar-refractivity contribution in [1.29, 1.82) is 0 Å². The second-order valence-corrected chi connectivity index (χ2v) is 14.9. The summed E-state index contributed by atoms with van der Waals surface area (Å²) in [6.07, 6.45) is 31.4. The van der Waals surface area contributed by atoms with Crippen LogP contribution < -0.4 is 5.73 Å². The fourth-order valence-corrected chi connectivity index (χ4v) is 6.13. The van der Waals surface area contributed by atoms with E-state index in [2.05, 4.69) is 30.5 Å². The quantitative estimate of drug-likeness (QED) is 0.0240. The van der Waals surface area contributed by atoms with E-state index in [1.807, 2.05) is 0 Å². The Morgan fingerprint density at radius 1 is 0.600 bits per heavy atom. The summed E-state index contributed by atoms with van der Waals surface area (Å²) in [5.74, 6) is -2.38. The first kappa shape index (κ1) is 48.2. The van der Waals surface area contributed by atoms with E-state index in [-0.39, 0.29) is 19.4 Å². The van der Waals surface area contributed by atoms with Crippen LogP contribution in [0, 0.1) is 0 Å². The molecule has 0 radical (unpaired) electrons. The first-order valence-electron chi connectivity index (χ1n) is 19.7. The van der Waals surface area contributed by atoms with Gasteiger partial charge in [-0.1, -0.05) is 142 Å². The molecule has 0 aliphatic carbocycles. The molecule has 0 bridgehead atoms. The predicted molar refractivity (Wildman–Crippen MR) is 199 cm³/mol. The number of carboxylic acids is 1. The first-order chi connectivity index (χ1) is 24.1. The van der Waals surface area contributed by atoms with E-state index in [0.717, 1.165) is 57.8 Å². The number of esters is 2. The summed E-state index contributed by atoms with van der Waals surface area (Å²) in [7, 11) is -4.71. The summed E-state index contributed by atoms with van der Waals surface area (Å²) < 4.78 is 32.6. The molecule has 0 saturated heterocycles. The van der Waals surface area contributed by atoms with Crippen LogP contribution in [-0.2, 0) is 37.5 Å². The van der Waals surface area contributed by atoms with Gasteiger partial charge in [0.1, 0.15) is 12.6 Å². The first-order valence-corrected chi connectivity index (χ1v) is 21.2. The monoisotopic (exact) mass is 733 g/mol. The van der Waals surface area contributed by atoms with Crippen molar-refractivity contribution in [2.24, 2.45) is 5.73 Å². The van der Waals surface area contributed by atoms with Gasteiger partial charge in [-0.25, -0.2) is 4.57 Å². The van der Waals surface area contributed by atoms with Gasteiger partial charge in [-0.3, -0.25) is 23.4 Å². The van der Waals surface area contributed by atoms with Crippen molar-refractivity contribution in [3.63, 3.8) is 0 Å². The van der Waals surface area contributed by atoms with Crippen LogP contribution in [0.2, 0.25) is 0 Å². The maximum Gasteiger partial charge on any atom is 0.472 e. The number of hydrogen-bond acceptors (Lipinski definition) is 9. The number of unbranched alkanes of at least 4 members (excludes halogenated alkanes) is 21. The Morgan fingerprint density at radius 2 is 1.00 bits per heavy atom. The van der Waals surface area contributed by atoms with E-state index in [1.165, 1.54) is 83.5 Å². The molecule has 0 amide bonds. The standard InChI is InChI=1S/C38H72NO10P/c1-3-5-7-9-11-13-15-17-18-20-21-23-25-27-29-36(40)46-31-34(32-47-50(44,45)48-33-35(39)38(42)43)49-37(41)30-28-26-24-22-19-16-14-12-10-8-6-4-2/h12,14,34-35H,3-11,13,15-33,39H2,1-2H3,(H,42,43)(H,44,45)/b14-12+/t34-,35+/m1/s1. The lowest BCUT2D eigenvalue weighted by atomic mass is 10.0. The van der Waals surface area contributed by atoms with Crippen molar-refractivity contribution in [3.05, 3.63) is 12.2 Å². The van der Waals surface area contributed by atoms with Crippen LogP contribution in [0.4, 0.5) is 0 Å². The second-order valence-electron chi connectivity index (χ2n) is 13.4. The van der Waals surface area contributed by atoms with E-state index in [1.54, 1.807) is 0 Å². The van der Waals surface area contributed by atoms with Crippen molar-refractivity contribution >= 4 is 25.7 Å². The van der Waals surface area contributed by atoms with Crippen molar-refractivity contribution in [3.8, 4) is 0 Å². The lowest BCUT2D eigenvalue weighted by molar-refractivity contribution is -0.161. The van der Waals surface area contributed by atoms with Crippen LogP contribution in [0.25, 0.3) is 0 Å². The molecule has 0 saturated carbocycles. The molecule has 0 fully saturated rings. The Bertz CT molecular complexity index is 916. The number of phosphoric ester groups is 1. The minimum atomic E-state index is -4.71. The summed E-state index contributed by atoms with van der Waals surface area (Å²) in [6.45, 7) is 2.76. The SMILES string of the molecule is CCCCC/C=C/CCCCCCCC(=O)O[C@H](COC(=O)CCCCCCCCCCCCCCCC)COP(=O)(O)OC[C@H](N)C(=O)O. The molecule has 11 nitrogen and oxygen atoms in total. The lowest BCUT2D eigenvalue weighted by Crippen LogP contribution is -2.34. The van der Waals surface area contributed by atoms with Gasteiger partial charge in [-0.15, -0.1) is 0 Å². The zero-order valence-electron chi connectivity index (χ0n) is 31.5. The fourth-order valence-electron chi connectivity index (χ4n) is 5.35. The lowest BCUT2D eigenvalue weighted by Gasteiger charge is -2.20. The number of carboxylic acid groups (broad SMARTS) is 1. The van der Waals surface area contributed by atoms with Crippen molar-refractivity contribution in [2.45, 2.75) is 193 Å². The number of aliphatic carboxylic acids is 1. The van der Waals surface area contributed by atoms with Gasteiger partial charge in [0.25, 0.3) is 0 Å². The molecule has 294 valence electrons. The van der Waals surface area contributed by atoms with Crippen LogP contribution in [0.1, 0.15) is 181 Å². The normalized spacial score (nSPS) is 14.0. The van der Waals surface area contributed by atoms with Gasteiger partial charge in [0.15, 0.2) is 6.10 Å². The third-order valence-electron chi connectivity index (χ3n) is 8.51. The molecule has 4 N–H and O–H groups in total. The van der Waals surface area contributed by atoms with E-state index in [0.29, 0.717) is 12.8 Å². The molecule has 0 heterocycles. The zero-order valence-corrected chi connectivity index (χ0v) is 32.4. The summed E-state index contributed by atoms with van der Waals surface area (Å²) in [5.41, 5.74) is 5.31. The molecule has 0 spiro atoms. The van der Waals surface area contributed by atoms with Crippen LogP contribution in [-0.4, -0.2) is 59.9 Å². The molecule has 0 aliphatic heterocycles. The van der Waals surface area contributed by atoms with E-state index in [4.69, 9.17) is 24.8 Å². The van der Waals surface area contributed by atoms with Crippen molar-refractivity contribution < 1.29 is 47.5 Å². The van der Waals surface area contributed by atoms with Crippen LogP contribution >= 0.6 is 7.82 Å². The average Bonchev–Trinajstić information content (AvgIpc) is 3.09. The number of nitrogens with two attached hydrogens (primary N) is 1. The molecule has 0 aliphatic rings. The molecule has 3 atom stereocenters. The molecule has 0 aromatic carbocycles. The Kier molecular flexibility index (Phi) is 33.1. The third-order valence-corrected chi connectivity index (χ3v) is 9.46. The van der Waals surface area contributed by atoms with Crippen LogP contribution in [0.15, 0.2) is 12.2 Å². The molecular weight excluding hydrogens is 661 g/mol. The molecule has 12 heteroatoms. The minimum absolute atomic E-state index is 0.154. The van der Waals surface area contributed by atoms with Crippen LogP contribution in [0.5, 0.6) is 0 Å². The molecule has 50 heavy (non-hydrogen) atoms. The van der Waals surface area contributed by atoms with Crippen LogP contribution in [0.3, 0.4) is 0 Å². The third kappa shape index (κ3) is 33.4. The van der Waals surface area contributed by atoms with E-state index >= 15 is 0 Å². The topological polar surface area (TPSA) is 172 Å². The Labute approximate surface area is 303 Å². The number of ether oxygens (including phenoxy) is 2. The molecule has 0 aromatic rings. The van der Waals surface area contributed by atoms with Gasteiger partial charge in [0.05, 0.1) is 13.2 Å². The highest BCUT2D eigenvalue weighted by atomic mass is 31.2. The number of carbonyl (C=O) groups is 3. The van der Waals surface area contributed by atoms with Gasteiger partial charge < -0.3 is 25.2 Å². The highest BCUT2D eigenvalue weighted by molar-refractivity contribution is 7.47. The zero-order chi connectivity index (χ0) is 37.1. The van der Waals surface area contributed by atoms with E-state index in [9.17, 15) is 23.8 Å². The number of allylic oxidation sites excluding steroid dienone is 2. The molecule has 0 rings (SSSR count). The highest BCUT2D eigenvalue weighted by Gasteiger charge is 2.28. The van der Waals surface area contributed by atoms with Crippen molar-refractivity contribution in [1.82, 2.24) is 0 Å². The Hall–Kier alpha value is -1.78. The largest absolute Gasteiger partial charge is 0.480 e. The summed E-state index contributed by atoms with van der Waals surface area (Å²) in [5, 5.41) is 8.86. The number of phosphoric acid groups is 1. The molecule has 1 unspecified atom stereocenters. The summed E-state index contributed by atoms with van der Waals surface area (Å²) >= 11 is 0. The van der Waals surface area contributed by atoms with Gasteiger partial charge in [0, 0.05) is 12.8 Å². The average molecular weight is 734 g/mol.